The van der Waals surface area contributed by atoms with E-state index in [0.717, 1.165) is 0 Å². The summed E-state index contributed by atoms with van der Waals surface area (Å²) in [5, 5.41) is 17.0. The summed E-state index contributed by atoms with van der Waals surface area (Å²) in [6, 6.07) is 20.5. The fourth-order valence-corrected chi connectivity index (χ4v) is 1.77. The average molecular weight is 405 g/mol. The first-order chi connectivity index (χ1) is 13.7. The summed E-state index contributed by atoms with van der Waals surface area (Å²) in [4.78, 5) is 40.9. The van der Waals surface area contributed by atoms with Gasteiger partial charge in [-0.1, -0.05) is 71.8 Å². The maximum Gasteiger partial charge on any atom is 0.368 e. The summed E-state index contributed by atoms with van der Waals surface area (Å²) in [6.07, 6.45) is -2.34. The van der Waals surface area contributed by atoms with Crippen LogP contribution < -0.4 is 5.73 Å². The molecule has 0 aliphatic carbocycles. The second kappa shape index (κ2) is 13.4. The third kappa shape index (κ3) is 9.68. The van der Waals surface area contributed by atoms with Gasteiger partial charge in [-0.15, -0.1) is 0 Å². The number of carboxylic acid groups (broad SMARTS) is 2. The number of nitrogens with two attached hydrogens (primary N) is 1. The van der Waals surface area contributed by atoms with Crippen molar-refractivity contribution < 1.29 is 38.9 Å². The molecule has 156 valence electrons. The number of aryl methyl sites for hydroxylation is 2. The number of aliphatic carboxylic acids is 2. The highest BCUT2D eigenvalue weighted by atomic mass is 16.6. The Morgan fingerprint density at radius 2 is 1.31 bits per heavy atom. The zero-order valence-electron chi connectivity index (χ0n) is 15.9. The highest BCUT2D eigenvalue weighted by molar-refractivity contribution is 5.88. The molecule has 0 aromatic heterocycles. The van der Waals surface area contributed by atoms with Crippen molar-refractivity contribution in [2.45, 2.75) is 25.7 Å². The van der Waals surface area contributed by atoms with Crippen molar-refractivity contribution in [2.24, 2.45) is 5.73 Å². The van der Waals surface area contributed by atoms with Crippen molar-refractivity contribution >= 4 is 24.9 Å². The van der Waals surface area contributed by atoms with Crippen LogP contribution >= 0.6 is 0 Å². The number of carbonyl (C=O) groups excluding carboxylic acids is 2. The number of carbonyl (C=O) groups is 4. The summed E-state index contributed by atoms with van der Waals surface area (Å²) >= 11 is 0. The van der Waals surface area contributed by atoms with Gasteiger partial charge in [0.05, 0.1) is 0 Å². The molecule has 2 rings (SSSR count). The summed E-state index contributed by atoms with van der Waals surface area (Å²) < 4.78 is 7.81. The van der Waals surface area contributed by atoms with E-state index in [2.05, 4.69) is 47.6 Å². The van der Waals surface area contributed by atoms with Gasteiger partial charge in [0.15, 0.2) is 0 Å². The molecule has 0 aliphatic heterocycles. The summed E-state index contributed by atoms with van der Waals surface area (Å²) in [5.41, 5.74) is 4.64. The SMILES string of the molecule is Cc1ccccc1.Cc1ccccc1.NC(OC=O)(C(=O)O)C(OC=O)C(=O)O. The molecule has 0 aliphatic rings. The lowest BCUT2D eigenvalue weighted by Gasteiger charge is -2.26. The van der Waals surface area contributed by atoms with Crippen LogP contribution in [-0.4, -0.2) is 46.9 Å². The smallest absolute Gasteiger partial charge is 0.368 e. The molecule has 0 radical (unpaired) electrons. The number of hydrogen-bond acceptors (Lipinski definition) is 7. The molecule has 2 aromatic carbocycles. The highest BCUT2D eigenvalue weighted by Gasteiger charge is 2.51. The third-order valence-electron chi connectivity index (χ3n) is 3.26. The second-order valence-corrected chi connectivity index (χ2v) is 5.57. The van der Waals surface area contributed by atoms with Crippen LogP contribution in [0.15, 0.2) is 60.7 Å². The van der Waals surface area contributed by atoms with Gasteiger partial charge in [0.2, 0.25) is 0 Å². The van der Waals surface area contributed by atoms with Crippen molar-refractivity contribution in [1.82, 2.24) is 0 Å². The second-order valence-electron chi connectivity index (χ2n) is 5.57. The molecule has 29 heavy (non-hydrogen) atoms. The maximum absolute atomic E-state index is 10.6. The first-order valence-electron chi connectivity index (χ1n) is 8.18. The average Bonchev–Trinajstić information content (AvgIpc) is 2.68. The minimum absolute atomic E-state index is 0.322. The fraction of sp³-hybridized carbons (Fsp3) is 0.200. The molecule has 0 fully saturated rings. The molecule has 9 heteroatoms. The molecule has 0 saturated carbocycles. The Labute approximate surface area is 167 Å². The van der Waals surface area contributed by atoms with E-state index in [1.807, 2.05) is 36.4 Å². The summed E-state index contributed by atoms with van der Waals surface area (Å²) in [7, 11) is 0. The number of rotatable bonds is 7. The number of hydrogen-bond donors (Lipinski definition) is 3. The van der Waals surface area contributed by atoms with E-state index in [9.17, 15) is 19.2 Å². The van der Waals surface area contributed by atoms with Gasteiger partial charge in [-0.2, -0.15) is 0 Å². The first kappa shape index (κ1) is 25.3. The van der Waals surface area contributed by atoms with Crippen LogP contribution in [0, 0.1) is 13.8 Å². The van der Waals surface area contributed by atoms with Crippen LogP contribution in [0.5, 0.6) is 0 Å². The lowest BCUT2D eigenvalue weighted by atomic mass is 10.1. The van der Waals surface area contributed by atoms with Gasteiger partial charge in [-0.3, -0.25) is 15.3 Å². The lowest BCUT2D eigenvalue weighted by Crippen LogP contribution is -2.62. The molecule has 2 aromatic rings. The van der Waals surface area contributed by atoms with E-state index in [1.54, 1.807) is 0 Å². The molecule has 0 amide bonds. The first-order valence-corrected chi connectivity index (χ1v) is 8.18. The molecule has 0 heterocycles. The summed E-state index contributed by atoms with van der Waals surface area (Å²) in [6.45, 7) is 3.48. The minimum atomic E-state index is -2.96. The number of carboxylic acids is 2. The molecule has 4 N–H and O–H groups in total. The van der Waals surface area contributed by atoms with Crippen LogP contribution in [0.3, 0.4) is 0 Å². The maximum atomic E-state index is 10.6. The van der Waals surface area contributed by atoms with Crippen molar-refractivity contribution in [2.75, 3.05) is 0 Å². The van der Waals surface area contributed by atoms with E-state index < -0.39 is 23.8 Å². The number of ether oxygens (including phenoxy) is 2. The largest absolute Gasteiger partial charge is 0.478 e. The van der Waals surface area contributed by atoms with E-state index in [-0.39, 0.29) is 12.9 Å². The zero-order valence-corrected chi connectivity index (χ0v) is 15.9. The molecule has 9 nitrogen and oxygen atoms in total. The van der Waals surface area contributed by atoms with Crippen LogP contribution in [0.4, 0.5) is 0 Å². The molecule has 2 atom stereocenters. The Morgan fingerprint density at radius 1 is 0.897 bits per heavy atom. The van der Waals surface area contributed by atoms with E-state index in [0.29, 0.717) is 0 Å². The van der Waals surface area contributed by atoms with Gasteiger partial charge in [-0.25, -0.2) is 9.59 Å². The predicted molar refractivity (Wildman–Crippen MR) is 103 cm³/mol. The normalized spacial score (nSPS) is 12.2. The molecule has 0 saturated heterocycles. The van der Waals surface area contributed by atoms with Crippen molar-refractivity contribution in [3.05, 3.63) is 71.8 Å². The zero-order chi connectivity index (χ0) is 22.3. The number of benzene rings is 2. The quantitative estimate of drug-likeness (QED) is 0.459. The van der Waals surface area contributed by atoms with Crippen LogP contribution in [0.25, 0.3) is 0 Å². The van der Waals surface area contributed by atoms with Crippen molar-refractivity contribution in [3.8, 4) is 0 Å². The molecular weight excluding hydrogens is 382 g/mol. The van der Waals surface area contributed by atoms with Crippen LogP contribution in [-0.2, 0) is 28.7 Å². The monoisotopic (exact) mass is 405 g/mol. The molecule has 0 bridgehead atoms. The lowest BCUT2D eigenvalue weighted by molar-refractivity contribution is -0.196. The van der Waals surface area contributed by atoms with E-state index >= 15 is 0 Å². The van der Waals surface area contributed by atoms with Gasteiger partial charge in [0.25, 0.3) is 19.0 Å². The molecular formula is C20H23NO8. The van der Waals surface area contributed by atoms with Gasteiger partial charge >= 0.3 is 17.7 Å². The third-order valence-corrected chi connectivity index (χ3v) is 3.26. The van der Waals surface area contributed by atoms with Gasteiger partial charge < -0.3 is 19.7 Å². The molecule has 0 spiro atoms. The fourth-order valence-electron chi connectivity index (χ4n) is 1.77. The van der Waals surface area contributed by atoms with E-state index in [4.69, 9.17) is 15.9 Å². The molecule has 2 unspecified atom stereocenters. The Morgan fingerprint density at radius 3 is 1.52 bits per heavy atom. The predicted octanol–water partition coefficient (Wildman–Crippen LogP) is 1.52. The Hall–Kier alpha value is -3.72. The van der Waals surface area contributed by atoms with Crippen molar-refractivity contribution in [1.29, 1.82) is 0 Å². The van der Waals surface area contributed by atoms with Gasteiger partial charge in [-0.05, 0) is 13.8 Å². The van der Waals surface area contributed by atoms with Gasteiger partial charge in [0, 0.05) is 0 Å². The Kier molecular flexibility index (Phi) is 11.7. The van der Waals surface area contributed by atoms with Crippen LogP contribution in [0.1, 0.15) is 11.1 Å². The Balaban J connectivity index is 0.000000458. The van der Waals surface area contributed by atoms with Gasteiger partial charge in [0.1, 0.15) is 0 Å². The standard InChI is InChI=1S/2C7H8.C6H7NO8/c2*1-7-5-3-2-4-6-7;7-6(5(12)13,15-2-9)3(4(10)11)14-1-8/h2*2-6H,1H3;1-3H,7H2,(H,10,11)(H,12,13). The minimum Gasteiger partial charge on any atom is -0.478 e. The Bertz CT molecular complexity index is 729. The summed E-state index contributed by atoms with van der Waals surface area (Å²) in [5.74, 6) is -3.84. The van der Waals surface area contributed by atoms with E-state index in [1.165, 1.54) is 11.1 Å². The topological polar surface area (TPSA) is 153 Å². The highest BCUT2D eigenvalue weighted by Crippen LogP contribution is 2.12. The van der Waals surface area contributed by atoms with Crippen LogP contribution in [0.2, 0.25) is 0 Å². The van der Waals surface area contributed by atoms with Crippen molar-refractivity contribution in [3.63, 3.8) is 0 Å².